The Kier molecular flexibility index (Phi) is 4.14. The second kappa shape index (κ2) is 5.20. The maximum atomic E-state index is 11.9. The molecule has 1 N–H and O–H groups in total. The molecule has 0 saturated heterocycles. The Morgan fingerprint density at radius 3 is 2.71 bits per heavy atom. The highest BCUT2D eigenvalue weighted by Crippen LogP contribution is 2.18. The van der Waals surface area contributed by atoms with Crippen LogP contribution in [0.4, 0.5) is 13.2 Å². The predicted octanol–water partition coefficient (Wildman–Crippen LogP) is 1.82. The van der Waals surface area contributed by atoms with Crippen molar-refractivity contribution in [3.8, 4) is 0 Å². The van der Waals surface area contributed by atoms with Gasteiger partial charge in [-0.2, -0.15) is 13.2 Å². The minimum atomic E-state index is -4.25. The molecule has 1 rings (SSSR count). The highest BCUT2D eigenvalue weighted by atomic mass is 19.4. The second-order valence-electron chi connectivity index (χ2n) is 3.71. The molecule has 0 fully saturated rings. The second-order valence-corrected chi connectivity index (χ2v) is 3.71. The van der Waals surface area contributed by atoms with Crippen molar-refractivity contribution in [2.75, 3.05) is 6.54 Å². The molecule has 0 saturated carbocycles. The number of amides is 1. The van der Waals surface area contributed by atoms with Crippen LogP contribution in [0.15, 0.2) is 12.4 Å². The molecular formula is C10H14F3N3O. The zero-order valence-corrected chi connectivity index (χ0v) is 9.58. The summed E-state index contributed by atoms with van der Waals surface area (Å²) in [4.78, 5) is 15.5. The Morgan fingerprint density at radius 2 is 2.24 bits per heavy atom. The zero-order chi connectivity index (χ0) is 13.1. The van der Waals surface area contributed by atoms with Crippen molar-refractivity contribution in [2.24, 2.45) is 0 Å². The molecule has 0 aliphatic carbocycles. The third kappa shape index (κ3) is 4.08. The molecule has 1 unspecified atom stereocenters. The Hall–Kier alpha value is -1.53. The van der Waals surface area contributed by atoms with Crippen LogP contribution in [0, 0.1) is 6.92 Å². The van der Waals surface area contributed by atoms with Gasteiger partial charge in [-0.05, 0) is 13.8 Å². The standard InChI is InChI=1S/C10H14F3N3O/c1-7(16-6-5-14-8(16)2)9(17)15-4-3-10(11,12)13/h5-7H,3-4H2,1-2H3,(H,15,17). The first-order valence-electron chi connectivity index (χ1n) is 5.15. The fourth-order valence-electron chi connectivity index (χ4n) is 1.40. The topological polar surface area (TPSA) is 46.9 Å². The van der Waals surface area contributed by atoms with Crippen LogP contribution in [0.2, 0.25) is 0 Å². The summed E-state index contributed by atoms with van der Waals surface area (Å²) in [5.74, 6) is 0.193. The van der Waals surface area contributed by atoms with E-state index in [9.17, 15) is 18.0 Å². The Bertz CT molecular complexity index is 386. The molecule has 1 aromatic heterocycles. The maximum absolute atomic E-state index is 11.9. The number of rotatable bonds is 4. The molecule has 1 atom stereocenters. The van der Waals surface area contributed by atoms with Crippen molar-refractivity contribution in [3.63, 3.8) is 0 Å². The molecular weight excluding hydrogens is 235 g/mol. The van der Waals surface area contributed by atoms with Crippen molar-refractivity contribution < 1.29 is 18.0 Å². The quantitative estimate of drug-likeness (QED) is 0.884. The first-order valence-corrected chi connectivity index (χ1v) is 5.15. The minimum Gasteiger partial charge on any atom is -0.354 e. The van der Waals surface area contributed by atoms with Crippen LogP contribution in [-0.2, 0) is 4.79 Å². The van der Waals surface area contributed by atoms with Crippen LogP contribution in [-0.4, -0.2) is 28.2 Å². The lowest BCUT2D eigenvalue weighted by Crippen LogP contribution is -2.33. The molecule has 0 aromatic carbocycles. The average Bonchev–Trinajstić information content (AvgIpc) is 2.61. The molecule has 4 nitrogen and oxygen atoms in total. The summed E-state index contributed by atoms with van der Waals surface area (Å²) < 4.78 is 37.2. The first kappa shape index (κ1) is 13.5. The van der Waals surface area contributed by atoms with Gasteiger partial charge in [0.25, 0.3) is 0 Å². The molecule has 17 heavy (non-hydrogen) atoms. The Labute approximate surface area is 96.8 Å². The lowest BCUT2D eigenvalue weighted by Gasteiger charge is -2.15. The van der Waals surface area contributed by atoms with E-state index < -0.39 is 31.1 Å². The van der Waals surface area contributed by atoms with E-state index in [1.807, 2.05) is 0 Å². The predicted molar refractivity (Wildman–Crippen MR) is 55.4 cm³/mol. The molecule has 1 aromatic rings. The van der Waals surface area contributed by atoms with Gasteiger partial charge in [-0.1, -0.05) is 0 Å². The van der Waals surface area contributed by atoms with Gasteiger partial charge in [0.1, 0.15) is 11.9 Å². The van der Waals surface area contributed by atoms with E-state index in [0.717, 1.165) is 0 Å². The number of imidazole rings is 1. The van der Waals surface area contributed by atoms with E-state index in [4.69, 9.17) is 0 Å². The number of hydrogen-bond donors (Lipinski definition) is 1. The lowest BCUT2D eigenvalue weighted by molar-refractivity contribution is -0.136. The molecule has 0 radical (unpaired) electrons. The highest BCUT2D eigenvalue weighted by Gasteiger charge is 2.27. The Balaban J connectivity index is 2.46. The third-order valence-electron chi connectivity index (χ3n) is 2.37. The largest absolute Gasteiger partial charge is 0.390 e. The lowest BCUT2D eigenvalue weighted by atomic mass is 10.3. The van der Waals surface area contributed by atoms with Gasteiger partial charge in [0.2, 0.25) is 5.91 Å². The fourth-order valence-corrected chi connectivity index (χ4v) is 1.40. The fraction of sp³-hybridized carbons (Fsp3) is 0.600. The van der Waals surface area contributed by atoms with E-state index >= 15 is 0 Å². The Morgan fingerprint density at radius 1 is 1.59 bits per heavy atom. The molecule has 0 aliphatic heterocycles. The van der Waals surface area contributed by atoms with E-state index in [1.54, 1.807) is 24.6 Å². The minimum absolute atomic E-state index is 0.402. The van der Waals surface area contributed by atoms with E-state index in [2.05, 4.69) is 10.3 Å². The number of aromatic nitrogens is 2. The van der Waals surface area contributed by atoms with Crippen molar-refractivity contribution in [1.82, 2.24) is 14.9 Å². The van der Waals surface area contributed by atoms with Crippen molar-refractivity contribution in [2.45, 2.75) is 32.5 Å². The number of aryl methyl sites for hydroxylation is 1. The summed E-state index contributed by atoms with van der Waals surface area (Å²) in [5.41, 5.74) is 0. The summed E-state index contributed by atoms with van der Waals surface area (Å²) in [6.45, 7) is 2.93. The molecule has 1 amide bonds. The van der Waals surface area contributed by atoms with E-state index in [0.29, 0.717) is 5.82 Å². The molecule has 96 valence electrons. The molecule has 0 spiro atoms. The first-order chi connectivity index (χ1) is 7.81. The van der Waals surface area contributed by atoms with E-state index in [1.165, 1.54) is 6.20 Å². The third-order valence-corrected chi connectivity index (χ3v) is 2.37. The summed E-state index contributed by atoms with van der Waals surface area (Å²) >= 11 is 0. The normalized spacial score (nSPS) is 13.5. The molecule has 0 aliphatic rings. The van der Waals surface area contributed by atoms with Gasteiger partial charge in [0.15, 0.2) is 0 Å². The van der Waals surface area contributed by atoms with Gasteiger partial charge in [-0.25, -0.2) is 4.98 Å². The van der Waals surface area contributed by atoms with Crippen molar-refractivity contribution in [1.29, 1.82) is 0 Å². The van der Waals surface area contributed by atoms with Crippen LogP contribution in [0.5, 0.6) is 0 Å². The zero-order valence-electron chi connectivity index (χ0n) is 9.58. The highest BCUT2D eigenvalue weighted by molar-refractivity contribution is 5.79. The monoisotopic (exact) mass is 249 g/mol. The van der Waals surface area contributed by atoms with Crippen molar-refractivity contribution >= 4 is 5.91 Å². The van der Waals surface area contributed by atoms with Gasteiger partial charge >= 0.3 is 6.18 Å². The number of nitrogens with one attached hydrogen (secondary N) is 1. The SMILES string of the molecule is Cc1nccn1C(C)C(=O)NCCC(F)(F)F. The van der Waals surface area contributed by atoms with Gasteiger partial charge in [-0.15, -0.1) is 0 Å². The number of alkyl halides is 3. The summed E-state index contributed by atoms with van der Waals surface area (Å²) in [6.07, 6.45) is -2.12. The summed E-state index contributed by atoms with van der Waals surface area (Å²) in [6, 6.07) is -0.564. The van der Waals surface area contributed by atoms with Crippen LogP contribution >= 0.6 is 0 Å². The summed E-state index contributed by atoms with van der Waals surface area (Å²) in [5, 5.41) is 2.25. The van der Waals surface area contributed by atoms with Crippen LogP contribution < -0.4 is 5.32 Å². The number of halogens is 3. The number of carbonyl (C=O) groups is 1. The van der Waals surface area contributed by atoms with Crippen LogP contribution in [0.1, 0.15) is 25.2 Å². The maximum Gasteiger partial charge on any atom is 0.390 e. The number of nitrogens with zero attached hydrogens (tertiary/aromatic N) is 2. The van der Waals surface area contributed by atoms with Crippen LogP contribution in [0.25, 0.3) is 0 Å². The van der Waals surface area contributed by atoms with Crippen LogP contribution in [0.3, 0.4) is 0 Å². The van der Waals surface area contributed by atoms with Gasteiger partial charge in [0.05, 0.1) is 6.42 Å². The molecule has 0 bridgehead atoms. The van der Waals surface area contributed by atoms with Crippen molar-refractivity contribution in [3.05, 3.63) is 18.2 Å². The number of carbonyl (C=O) groups excluding carboxylic acids is 1. The average molecular weight is 249 g/mol. The van der Waals surface area contributed by atoms with Gasteiger partial charge in [-0.3, -0.25) is 4.79 Å². The smallest absolute Gasteiger partial charge is 0.354 e. The molecule has 7 heteroatoms. The van der Waals surface area contributed by atoms with Gasteiger partial charge < -0.3 is 9.88 Å². The van der Waals surface area contributed by atoms with Gasteiger partial charge in [0, 0.05) is 18.9 Å². The summed E-state index contributed by atoms with van der Waals surface area (Å²) in [7, 11) is 0. The number of hydrogen-bond acceptors (Lipinski definition) is 2. The molecule has 1 heterocycles. The van der Waals surface area contributed by atoms with E-state index in [-0.39, 0.29) is 0 Å².